The summed E-state index contributed by atoms with van der Waals surface area (Å²) in [7, 11) is 0. The first-order chi connectivity index (χ1) is 9.71. The van der Waals surface area contributed by atoms with E-state index in [0.29, 0.717) is 6.54 Å². The number of aliphatic hydroxyl groups excluding tert-OH is 1. The number of nitrogens with one attached hydrogen (secondary N) is 1. The van der Waals surface area contributed by atoms with Crippen LogP contribution in [0, 0.1) is 0 Å². The molecule has 5 heteroatoms. The Morgan fingerprint density at radius 3 is 2.50 bits per heavy atom. The van der Waals surface area contributed by atoms with Crippen LogP contribution in [-0.4, -0.2) is 42.4 Å². The van der Waals surface area contributed by atoms with E-state index in [1.165, 1.54) is 5.56 Å². The molecular weight excluding hydrogens is 256 g/mol. The van der Waals surface area contributed by atoms with Crippen molar-refractivity contribution in [1.82, 2.24) is 10.2 Å². The minimum atomic E-state index is -0.503. The van der Waals surface area contributed by atoms with Crippen LogP contribution in [0.25, 0.3) is 0 Å². The summed E-state index contributed by atoms with van der Waals surface area (Å²) in [6.07, 6.45) is -0.503. The first kappa shape index (κ1) is 16.5. The molecule has 0 unspecified atom stereocenters. The topological polar surface area (TPSA) is 61.8 Å². The highest BCUT2D eigenvalue weighted by molar-refractivity contribution is 5.67. The van der Waals surface area contributed by atoms with Gasteiger partial charge in [0.05, 0.1) is 6.61 Å². The van der Waals surface area contributed by atoms with Crippen molar-refractivity contribution >= 4 is 6.09 Å². The molecule has 5 nitrogen and oxygen atoms in total. The lowest BCUT2D eigenvalue weighted by molar-refractivity contribution is 0.119. The molecule has 0 saturated heterocycles. The van der Waals surface area contributed by atoms with E-state index in [9.17, 15) is 4.79 Å². The van der Waals surface area contributed by atoms with Crippen LogP contribution in [0.2, 0.25) is 0 Å². The van der Waals surface area contributed by atoms with Crippen molar-refractivity contribution in [2.75, 3.05) is 26.3 Å². The van der Waals surface area contributed by atoms with E-state index in [0.717, 1.165) is 25.2 Å². The van der Waals surface area contributed by atoms with Crippen LogP contribution >= 0.6 is 0 Å². The van der Waals surface area contributed by atoms with Crippen LogP contribution in [0.15, 0.2) is 24.3 Å². The molecule has 0 bridgehead atoms. The number of benzene rings is 1. The molecular formula is C15H24N2O3. The van der Waals surface area contributed by atoms with Crippen molar-refractivity contribution in [1.29, 1.82) is 0 Å². The number of carbonyl (C=O) groups excluding carboxylic acids is 1. The van der Waals surface area contributed by atoms with E-state index in [-0.39, 0.29) is 13.2 Å². The van der Waals surface area contributed by atoms with Crippen LogP contribution in [-0.2, 0) is 17.8 Å². The van der Waals surface area contributed by atoms with Gasteiger partial charge in [-0.05, 0) is 24.2 Å². The van der Waals surface area contributed by atoms with Gasteiger partial charge in [0.2, 0.25) is 0 Å². The Morgan fingerprint density at radius 2 is 1.90 bits per heavy atom. The van der Waals surface area contributed by atoms with Crippen LogP contribution in [0.3, 0.4) is 0 Å². The summed E-state index contributed by atoms with van der Waals surface area (Å²) in [5.74, 6) is 0. The second-order valence-corrected chi connectivity index (χ2v) is 4.44. The summed E-state index contributed by atoms with van der Waals surface area (Å²) < 4.78 is 4.77. The largest absolute Gasteiger partial charge is 0.447 e. The van der Waals surface area contributed by atoms with Crippen molar-refractivity contribution in [2.45, 2.75) is 26.9 Å². The van der Waals surface area contributed by atoms with Gasteiger partial charge in [0.1, 0.15) is 6.61 Å². The summed E-state index contributed by atoms with van der Waals surface area (Å²) in [6.45, 7) is 7.43. The third-order valence-corrected chi connectivity index (χ3v) is 3.15. The minimum Gasteiger partial charge on any atom is -0.447 e. The molecule has 0 aliphatic heterocycles. The Labute approximate surface area is 120 Å². The molecule has 0 aliphatic carbocycles. The Bertz CT molecular complexity index is 406. The van der Waals surface area contributed by atoms with Gasteiger partial charge in [0.25, 0.3) is 0 Å². The number of aliphatic hydroxyl groups is 1. The van der Waals surface area contributed by atoms with Gasteiger partial charge in [0.15, 0.2) is 0 Å². The number of carbonyl (C=O) groups is 1. The molecule has 1 rings (SSSR count). The standard InChI is InChI=1S/C15H24N2O3/c1-3-17(4-2)12-14-8-6-5-7-13(14)11-16-15(19)20-10-9-18/h5-8,18H,3-4,9-12H2,1-2H3,(H,16,19). The van der Waals surface area contributed by atoms with Gasteiger partial charge in [-0.2, -0.15) is 0 Å². The van der Waals surface area contributed by atoms with Crippen molar-refractivity contribution in [3.63, 3.8) is 0 Å². The first-order valence-electron chi connectivity index (χ1n) is 7.01. The molecule has 0 aromatic heterocycles. The fourth-order valence-corrected chi connectivity index (χ4v) is 1.93. The first-order valence-corrected chi connectivity index (χ1v) is 7.01. The lowest BCUT2D eigenvalue weighted by Gasteiger charge is -2.20. The summed E-state index contributed by atoms with van der Waals surface area (Å²) in [5, 5.41) is 11.3. The van der Waals surface area contributed by atoms with E-state index in [1.807, 2.05) is 18.2 Å². The number of rotatable bonds is 8. The SMILES string of the molecule is CCN(CC)Cc1ccccc1CNC(=O)OCCO. The van der Waals surface area contributed by atoms with E-state index in [4.69, 9.17) is 9.84 Å². The molecule has 1 amide bonds. The van der Waals surface area contributed by atoms with Gasteiger partial charge in [-0.3, -0.25) is 4.90 Å². The molecule has 0 heterocycles. The second kappa shape index (κ2) is 9.34. The zero-order valence-electron chi connectivity index (χ0n) is 12.3. The van der Waals surface area contributed by atoms with E-state index in [1.54, 1.807) is 0 Å². The number of amides is 1. The van der Waals surface area contributed by atoms with Crippen LogP contribution in [0.4, 0.5) is 4.79 Å². The predicted octanol–water partition coefficient (Wildman–Crippen LogP) is 1.75. The summed E-state index contributed by atoms with van der Waals surface area (Å²) >= 11 is 0. The number of nitrogens with zero attached hydrogens (tertiary/aromatic N) is 1. The molecule has 0 spiro atoms. The van der Waals surface area contributed by atoms with Crippen LogP contribution in [0.1, 0.15) is 25.0 Å². The molecule has 1 aromatic carbocycles. The number of hydrogen-bond donors (Lipinski definition) is 2. The third kappa shape index (κ3) is 5.59. The molecule has 1 aromatic rings. The molecule has 2 N–H and O–H groups in total. The summed E-state index contributed by atoms with van der Waals surface area (Å²) in [5.41, 5.74) is 2.29. The number of alkyl carbamates (subject to hydrolysis) is 1. The van der Waals surface area contributed by atoms with Gasteiger partial charge in [-0.15, -0.1) is 0 Å². The fraction of sp³-hybridized carbons (Fsp3) is 0.533. The highest BCUT2D eigenvalue weighted by Gasteiger charge is 2.07. The zero-order chi connectivity index (χ0) is 14.8. The van der Waals surface area contributed by atoms with Gasteiger partial charge < -0.3 is 15.2 Å². The Morgan fingerprint density at radius 1 is 1.25 bits per heavy atom. The smallest absolute Gasteiger partial charge is 0.407 e. The van der Waals surface area contributed by atoms with Crippen molar-refractivity contribution in [3.8, 4) is 0 Å². The zero-order valence-corrected chi connectivity index (χ0v) is 12.3. The van der Waals surface area contributed by atoms with Crippen LogP contribution in [0.5, 0.6) is 0 Å². The molecule has 0 radical (unpaired) electrons. The molecule has 0 atom stereocenters. The minimum absolute atomic E-state index is 0.0208. The van der Waals surface area contributed by atoms with E-state index < -0.39 is 6.09 Å². The molecule has 0 saturated carbocycles. The van der Waals surface area contributed by atoms with Gasteiger partial charge >= 0.3 is 6.09 Å². The fourth-order valence-electron chi connectivity index (χ4n) is 1.93. The van der Waals surface area contributed by atoms with Gasteiger partial charge in [-0.1, -0.05) is 38.1 Å². The molecule has 0 fully saturated rings. The monoisotopic (exact) mass is 280 g/mol. The Balaban J connectivity index is 2.59. The quantitative estimate of drug-likeness (QED) is 0.761. The van der Waals surface area contributed by atoms with Gasteiger partial charge in [0, 0.05) is 13.1 Å². The maximum atomic E-state index is 11.4. The van der Waals surface area contributed by atoms with Crippen molar-refractivity contribution in [2.24, 2.45) is 0 Å². The predicted molar refractivity (Wildman–Crippen MR) is 78.3 cm³/mol. The van der Waals surface area contributed by atoms with Crippen molar-refractivity contribution in [3.05, 3.63) is 35.4 Å². The molecule has 20 heavy (non-hydrogen) atoms. The second-order valence-electron chi connectivity index (χ2n) is 4.44. The van der Waals surface area contributed by atoms with Gasteiger partial charge in [-0.25, -0.2) is 4.79 Å². The molecule has 112 valence electrons. The molecule has 0 aliphatic rings. The summed E-state index contributed by atoms with van der Waals surface area (Å²) in [4.78, 5) is 13.7. The normalized spacial score (nSPS) is 10.6. The van der Waals surface area contributed by atoms with E-state index in [2.05, 4.69) is 30.1 Å². The summed E-state index contributed by atoms with van der Waals surface area (Å²) in [6, 6.07) is 8.05. The maximum absolute atomic E-state index is 11.4. The third-order valence-electron chi connectivity index (χ3n) is 3.15. The van der Waals surface area contributed by atoms with Crippen LogP contribution < -0.4 is 5.32 Å². The Kier molecular flexibility index (Phi) is 7.69. The highest BCUT2D eigenvalue weighted by atomic mass is 16.6. The lowest BCUT2D eigenvalue weighted by Crippen LogP contribution is -2.27. The van der Waals surface area contributed by atoms with Crippen molar-refractivity contribution < 1.29 is 14.6 Å². The highest BCUT2D eigenvalue weighted by Crippen LogP contribution is 2.11. The number of hydrogen-bond acceptors (Lipinski definition) is 4. The lowest BCUT2D eigenvalue weighted by atomic mass is 10.1. The Hall–Kier alpha value is -1.59. The van der Waals surface area contributed by atoms with E-state index >= 15 is 0 Å². The maximum Gasteiger partial charge on any atom is 0.407 e. The number of ether oxygens (including phenoxy) is 1. The average molecular weight is 280 g/mol. The average Bonchev–Trinajstić information content (AvgIpc) is 2.49.